The van der Waals surface area contributed by atoms with Gasteiger partial charge in [-0.1, -0.05) is 12.1 Å². The van der Waals surface area contributed by atoms with Gasteiger partial charge in [-0.05, 0) is 80.9 Å². The highest BCUT2D eigenvalue weighted by Gasteiger charge is 2.08. The van der Waals surface area contributed by atoms with Crippen molar-refractivity contribution in [2.45, 2.75) is 13.8 Å². The summed E-state index contributed by atoms with van der Waals surface area (Å²) in [6.45, 7) is 4.39. The minimum Gasteiger partial charge on any atom is -0.152 e. The predicted molar refractivity (Wildman–Crippen MR) is 82.5 cm³/mol. The van der Waals surface area contributed by atoms with Crippen molar-refractivity contribution < 1.29 is 0 Å². The summed E-state index contributed by atoms with van der Waals surface area (Å²) in [4.78, 5) is 0. The third kappa shape index (κ3) is 2.02. The normalized spacial score (nSPS) is 10.8. The van der Waals surface area contributed by atoms with E-state index < -0.39 is 0 Å². The zero-order chi connectivity index (χ0) is 12.5. The molecule has 18 heavy (non-hydrogen) atoms. The lowest BCUT2D eigenvalue weighted by Crippen LogP contribution is -1.88. The van der Waals surface area contributed by atoms with E-state index in [1.165, 1.54) is 33.4 Å². The van der Waals surface area contributed by atoms with Crippen molar-refractivity contribution >= 4 is 22.7 Å². The van der Waals surface area contributed by atoms with Gasteiger partial charge in [-0.2, -0.15) is 22.7 Å². The molecular formula is C16H14S2. The molecule has 90 valence electrons. The van der Waals surface area contributed by atoms with E-state index >= 15 is 0 Å². The summed E-state index contributed by atoms with van der Waals surface area (Å²) >= 11 is 3.51. The van der Waals surface area contributed by atoms with Crippen LogP contribution in [0.5, 0.6) is 0 Å². The lowest BCUT2D eigenvalue weighted by Gasteiger charge is -2.10. The Kier molecular flexibility index (Phi) is 3.06. The van der Waals surface area contributed by atoms with Crippen LogP contribution in [-0.4, -0.2) is 0 Å². The van der Waals surface area contributed by atoms with Crippen LogP contribution < -0.4 is 0 Å². The highest BCUT2D eigenvalue weighted by molar-refractivity contribution is 7.08. The molecule has 1 aromatic carbocycles. The van der Waals surface area contributed by atoms with Crippen LogP contribution in [-0.2, 0) is 0 Å². The lowest BCUT2D eigenvalue weighted by molar-refractivity contribution is 1.40. The molecule has 0 saturated carbocycles. The zero-order valence-electron chi connectivity index (χ0n) is 10.4. The fraction of sp³-hybridized carbons (Fsp3) is 0.125. The van der Waals surface area contributed by atoms with Crippen molar-refractivity contribution in [3.05, 3.63) is 56.9 Å². The molecule has 0 nitrogen and oxygen atoms in total. The molecule has 0 amide bonds. The molecule has 0 atom stereocenters. The molecule has 0 unspecified atom stereocenters. The highest BCUT2D eigenvalue weighted by Crippen LogP contribution is 2.33. The molecular weight excluding hydrogens is 256 g/mol. The summed E-state index contributed by atoms with van der Waals surface area (Å²) in [6.07, 6.45) is 0. The van der Waals surface area contributed by atoms with E-state index in [1.54, 1.807) is 22.7 Å². The van der Waals surface area contributed by atoms with Crippen molar-refractivity contribution in [3.8, 4) is 22.3 Å². The quantitative estimate of drug-likeness (QED) is 0.555. The van der Waals surface area contributed by atoms with Crippen molar-refractivity contribution in [1.29, 1.82) is 0 Å². The van der Waals surface area contributed by atoms with Crippen LogP contribution in [0.15, 0.2) is 45.8 Å². The first-order valence-corrected chi connectivity index (χ1v) is 7.80. The van der Waals surface area contributed by atoms with Gasteiger partial charge >= 0.3 is 0 Å². The van der Waals surface area contributed by atoms with Gasteiger partial charge in [0, 0.05) is 0 Å². The van der Waals surface area contributed by atoms with Gasteiger partial charge < -0.3 is 0 Å². The van der Waals surface area contributed by atoms with Gasteiger partial charge in [0.2, 0.25) is 0 Å². The van der Waals surface area contributed by atoms with E-state index in [-0.39, 0.29) is 0 Å². The topological polar surface area (TPSA) is 0 Å². The molecule has 2 aromatic heterocycles. The summed E-state index contributed by atoms with van der Waals surface area (Å²) in [6, 6.07) is 9.00. The number of thiophene rings is 2. The van der Waals surface area contributed by atoms with Crippen LogP contribution in [0.4, 0.5) is 0 Å². The van der Waals surface area contributed by atoms with E-state index in [1.807, 2.05) is 0 Å². The van der Waals surface area contributed by atoms with Crippen LogP contribution in [0.2, 0.25) is 0 Å². The Morgan fingerprint density at radius 1 is 0.722 bits per heavy atom. The summed E-state index contributed by atoms with van der Waals surface area (Å²) in [5.41, 5.74) is 8.07. The number of rotatable bonds is 2. The number of benzene rings is 1. The first-order chi connectivity index (χ1) is 8.75. The summed E-state index contributed by atoms with van der Waals surface area (Å²) < 4.78 is 0. The third-order valence-electron chi connectivity index (χ3n) is 3.24. The van der Waals surface area contributed by atoms with Gasteiger partial charge in [0.1, 0.15) is 0 Å². The second kappa shape index (κ2) is 4.71. The van der Waals surface area contributed by atoms with Gasteiger partial charge in [-0.3, -0.25) is 0 Å². The average molecular weight is 270 g/mol. The molecule has 3 aromatic rings. The minimum absolute atomic E-state index is 1.33. The number of aryl methyl sites for hydroxylation is 2. The SMILES string of the molecule is Cc1cc(-c2ccsc2)c(C)cc1-c1ccsc1. The van der Waals surface area contributed by atoms with Crippen molar-refractivity contribution in [1.82, 2.24) is 0 Å². The molecule has 0 spiro atoms. The first-order valence-electron chi connectivity index (χ1n) is 5.92. The molecule has 2 heterocycles. The van der Waals surface area contributed by atoms with Crippen LogP contribution in [0.25, 0.3) is 22.3 Å². The molecule has 0 aliphatic heterocycles. The molecule has 0 N–H and O–H groups in total. The molecule has 0 bridgehead atoms. The van der Waals surface area contributed by atoms with Crippen molar-refractivity contribution in [2.75, 3.05) is 0 Å². The Morgan fingerprint density at radius 3 is 1.50 bits per heavy atom. The van der Waals surface area contributed by atoms with E-state index in [4.69, 9.17) is 0 Å². The average Bonchev–Trinajstić information content (AvgIpc) is 3.02. The van der Waals surface area contributed by atoms with Gasteiger partial charge in [-0.15, -0.1) is 0 Å². The second-order valence-corrected chi connectivity index (χ2v) is 6.07. The van der Waals surface area contributed by atoms with Crippen LogP contribution in [0, 0.1) is 13.8 Å². The first kappa shape index (κ1) is 11.7. The van der Waals surface area contributed by atoms with Crippen LogP contribution in [0.3, 0.4) is 0 Å². The maximum atomic E-state index is 2.31. The monoisotopic (exact) mass is 270 g/mol. The van der Waals surface area contributed by atoms with E-state index in [0.29, 0.717) is 0 Å². The lowest BCUT2D eigenvalue weighted by atomic mass is 9.94. The minimum atomic E-state index is 1.33. The van der Waals surface area contributed by atoms with Gasteiger partial charge in [0.15, 0.2) is 0 Å². The zero-order valence-corrected chi connectivity index (χ0v) is 12.1. The van der Waals surface area contributed by atoms with E-state index in [0.717, 1.165) is 0 Å². The fourth-order valence-electron chi connectivity index (χ4n) is 2.27. The Balaban J connectivity index is 2.15. The maximum Gasteiger partial charge on any atom is -0.00146 e. The molecule has 0 aliphatic rings. The summed E-state index contributed by atoms with van der Waals surface area (Å²) in [7, 11) is 0. The van der Waals surface area contributed by atoms with Gasteiger partial charge in [0.25, 0.3) is 0 Å². The van der Waals surface area contributed by atoms with Gasteiger partial charge in [-0.25, -0.2) is 0 Å². The Morgan fingerprint density at radius 2 is 1.17 bits per heavy atom. The molecule has 0 fully saturated rings. The Hall–Kier alpha value is -1.38. The number of hydrogen-bond acceptors (Lipinski definition) is 2. The van der Waals surface area contributed by atoms with Crippen LogP contribution >= 0.6 is 22.7 Å². The highest BCUT2D eigenvalue weighted by atomic mass is 32.1. The van der Waals surface area contributed by atoms with E-state index in [9.17, 15) is 0 Å². The van der Waals surface area contributed by atoms with Gasteiger partial charge in [0.05, 0.1) is 0 Å². The van der Waals surface area contributed by atoms with Crippen molar-refractivity contribution in [2.24, 2.45) is 0 Å². The molecule has 0 saturated heterocycles. The molecule has 3 rings (SSSR count). The second-order valence-electron chi connectivity index (χ2n) is 4.51. The van der Waals surface area contributed by atoms with Crippen molar-refractivity contribution in [3.63, 3.8) is 0 Å². The summed E-state index contributed by atoms with van der Waals surface area (Å²) in [5.74, 6) is 0. The molecule has 2 heteroatoms. The number of hydrogen-bond donors (Lipinski definition) is 0. The standard InChI is InChI=1S/C16H14S2/c1-11-7-16(14-4-6-18-10-14)12(2)8-15(11)13-3-5-17-9-13/h3-10H,1-2H3. The van der Waals surface area contributed by atoms with E-state index in [2.05, 4.69) is 59.6 Å². The summed E-state index contributed by atoms with van der Waals surface area (Å²) in [5, 5.41) is 8.70. The van der Waals surface area contributed by atoms with Crippen LogP contribution in [0.1, 0.15) is 11.1 Å². The Labute approximate surface area is 116 Å². The molecule has 0 aliphatic carbocycles. The maximum absolute atomic E-state index is 2.31. The fourth-order valence-corrected chi connectivity index (χ4v) is 3.59. The molecule has 0 radical (unpaired) electrons. The Bertz CT molecular complexity index is 587. The predicted octanol–water partition coefficient (Wildman–Crippen LogP) is 5.76. The smallest absolute Gasteiger partial charge is 0.00146 e. The largest absolute Gasteiger partial charge is 0.152 e. The third-order valence-corrected chi connectivity index (χ3v) is 4.60.